The summed E-state index contributed by atoms with van der Waals surface area (Å²) >= 11 is 1.67. The summed E-state index contributed by atoms with van der Waals surface area (Å²) in [5.41, 5.74) is 3.19. The molecule has 0 heterocycles. The number of carbonyl (C=O) groups is 1. The second-order valence-corrected chi connectivity index (χ2v) is 5.51. The van der Waals surface area contributed by atoms with Gasteiger partial charge < -0.3 is 5.32 Å². The van der Waals surface area contributed by atoms with Crippen LogP contribution in [0.25, 0.3) is 0 Å². The molecule has 2 aromatic carbocycles. The molecule has 0 unspecified atom stereocenters. The van der Waals surface area contributed by atoms with Gasteiger partial charge in [0, 0.05) is 10.6 Å². The molecule has 2 aromatic rings. The Morgan fingerprint density at radius 3 is 2.45 bits per heavy atom. The van der Waals surface area contributed by atoms with Crippen molar-refractivity contribution in [2.24, 2.45) is 0 Å². The summed E-state index contributed by atoms with van der Waals surface area (Å²) in [5, 5.41) is 2.94. The van der Waals surface area contributed by atoms with Gasteiger partial charge in [0.2, 0.25) is 5.91 Å². The van der Waals surface area contributed by atoms with E-state index in [-0.39, 0.29) is 5.91 Å². The Hall–Kier alpha value is -1.74. The summed E-state index contributed by atoms with van der Waals surface area (Å²) < 4.78 is 0. The third-order valence-electron chi connectivity index (χ3n) is 3.15. The van der Waals surface area contributed by atoms with E-state index in [1.54, 1.807) is 11.8 Å². The zero-order valence-electron chi connectivity index (χ0n) is 11.8. The van der Waals surface area contributed by atoms with Gasteiger partial charge in [-0.1, -0.05) is 37.3 Å². The lowest BCUT2D eigenvalue weighted by Crippen LogP contribution is -2.14. The quantitative estimate of drug-likeness (QED) is 0.836. The minimum atomic E-state index is 0.0208. The monoisotopic (exact) mass is 285 g/mol. The van der Waals surface area contributed by atoms with E-state index in [0.29, 0.717) is 6.42 Å². The average molecular weight is 285 g/mol. The Bertz CT molecular complexity index is 578. The van der Waals surface area contributed by atoms with Crippen LogP contribution in [-0.4, -0.2) is 12.2 Å². The van der Waals surface area contributed by atoms with E-state index in [2.05, 4.69) is 24.4 Å². The highest BCUT2D eigenvalue weighted by atomic mass is 32.2. The molecular formula is C17H19NOS. The second-order valence-electron chi connectivity index (χ2n) is 4.63. The minimum Gasteiger partial charge on any atom is -0.326 e. The molecule has 104 valence electrons. The molecule has 0 bridgehead atoms. The summed E-state index contributed by atoms with van der Waals surface area (Å²) in [6.45, 7) is 2.13. The van der Waals surface area contributed by atoms with Crippen LogP contribution in [0.15, 0.2) is 53.4 Å². The summed E-state index contributed by atoms with van der Waals surface area (Å²) in [4.78, 5) is 13.2. The number of nitrogens with one attached hydrogen (secondary N) is 1. The molecule has 3 heteroatoms. The van der Waals surface area contributed by atoms with Crippen LogP contribution in [0, 0.1) is 0 Å². The maximum absolute atomic E-state index is 12.0. The Morgan fingerprint density at radius 1 is 1.10 bits per heavy atom. The van der Waals surface area contributed by atoms with Crippen LogP contribution in [0.3, 0.4) is 0 Å². The highest BCUT2D eigenvalue weighted by molar-refractivity contribution is 7.98. The summed E-state index contributed by atoms with van der Waals surface area (Å²) in [6, 6.07) is 16.1. The zero-order chi connectivity index (χ0) is 14.4. The Balaban J connectivity index is 1.97. The number of benzene rings is 2. The molecule has 0 aliphatic carbocycles. The van der Waals surface area contributed by atoms with Crippen molar-refractivity contribution in [3.05, 3.63) is 59.7 Å². The van der Waals surface area contributed by atoms with Gasteiger partial charge in [-0.15, -0.1) is 11.8 Å². The third-order valence-corrected chi connectivity index (χ3v) is 3.87. The average Bonchev–Trinajstić information content (AvgIpc) is 2.48. The topological polar surface area (TPSA) is 29.1 Å². The molecule has 2 nitrogen and oxygen atoms in total. The standard InChI is InChI=1S/C17H19NOS/c1-3-13-7-9-14(10-8-13)11-17(19)18-15-5-4-6-16(12-15)20-2/h4-10,12H,3,11H2,1-2H3,(H,18,19). The number of thioether (sulfide) groups is 1. The molecule has 1 amide bonds. The van der Waals surface area contributed by atoms with E-state index in [4.69, 9.17) is 0 Å². The van der Waals surface area contributed by atoms with E-state index in [9.17, 15) is 4.79 Å². The Labute approximate surface area is 124 Å². The molecule has 2 rings (SSSR count). The maximum Gasteiger partial charge on any atom is 0.228 e. The van der Waals surface area contributed by atoms with Gasteiger partial charge in [0.1, 0.15) is 0 Å². The van der Waals surface area contributed by atoms with Crippen LogP contribution in [0.4, 0.5) is 5.69 Å². The van der Waals surface area contributed by atoms with Crippen LogP contribution in [0.2, 0.25) is 0 Å². The lowest BCUT2D eigenvalue weighted by Gasteiger charge is -2.07. The number of carbonyl (C=O) groups excluding carboxylic acids is 1. The number of amides is 1. The van der Waals surface area contributed by atoms with Gasteiger partial charge in [0.25, 0.3) is 0 Å². The molecule has 1 N–H and O–H groups in total. The molecule has 0 spiro atoms. The van der Waals surface area contributed by atoms with Crippen molar-refractivity contribution in [1.29, 1.82) is 0 Å². The van der Waals surface area contributed by atoms with Crippen molar-refractivity contribution < 1.29 is 4.79 Å². The van der Waals surface area contributed by atoms with Crippen molar-refractivity contribution in [2.45, 2.75) is 24.7 Å². The zero-order valence-corrected chi connectivity index (χ0v) is 12.7. The van der Waals surface area contributed by atoms with Crippen LogP contribution in [-0.2, 0) is 17.6 Å². The minimum absolute atomic E-state index is 0.0208. The lowest BCUT2D eigenvalue weighted by molar-refractivity contribution is -0.115. The van der Waals surface area contributed by atoms with E-state index >= 15 is 0 Å². The maximum atomic E-state index is 12.0. The predicted octanol–water partition coefficient (Wildman–Crippen LogP) is 4.15. The number of hydrogen-bond donors (Lipinski definition) is 1. The largest absolute Gasteiger partial charge is 0.326 e. The van der Waals surface area contributed by atoms with Gasteiger partial charge in [-0.2, -0.15) is 0 Å². The molecule has 0 aliphatic rings. The fraction of sp³-hybridized carbons (Fsp3) is 0.235. The lowest BCUT2D eigenvalue weighted by atomic mass is 10.1. The van der Waals surface area contributed by atoms with Gasteiger partial charge in [-0.05, 0) is 42.0 Å². The fourth-order valence-corrected chi connectivity index (χ4v) is 2.44. The van der Waals surface area contributed by atoms with Gasteiger partial charge in [-0.3, -0.25) is 4.79 Å². The molecule has 0 saturated carbocycles. The van der Waals surface area contributed by atoms with Gasteiger partial charge >= 0.3 is 0 Å². The summed E-state index contributed by atoms with van der Waals surface area (Å²) in [5.74, 6) is 0.0208. The third kappa shape index (κ3) is 4.14. The van der Waals surface area contributed by atoms with Crippen LogP contribution < -0.4 is 5.32 Å². The highest BCUT2D eigenvalue weighted by Gasteiger charge is 2.04. The van der Waals surface area contributed by atoms with E-state index in [1.807, 2.05) is 42.7 Å². The Morgan fingerprint density at radius 2 is 1.80 bits per heavy atom. The number of hydrogen-bond acceptors (Lipinski definition) is 2. The molecule has 0 radical (unpaired) electrons. The first-order valence-electron chi connectivity index (χ1n) is 6.73. The van der Waals surface area contributed by atoms with Crippen LogP contribution >= 0.6 is 11.8 Å². The fourth-order valence-electron chi connectivity index (χ4n) is 1.98. The summed E-state index contributed by atoms with van der Waals surface area (Å²) in [6.07, 6.45) is 3.46. The molecule has 0 saturated heterocycles. The van der Waals surface area contributed by atoms with Gasteiger partial charge in [0.15, 0.2) is 0 Å². The van der Waals surface area contributed by atoms with Gasteiger partial charge in [0.05, 0.1) is 6.42 Å². The highest BCUT2D eigenvalue weighted by Crippen LogP contribution is 2.19. The molecule has 0 fully saturated rings. The van der Waals surface area contributed by atoms with E-state index < -0.39 is 0 Å². The predicted molar refractivity (Wildman–Crippen MR) is 86.4 cm³/mol. The van der Waals surface area contributed by atoms with Crippen molar-refractivity contribution in [3.63, 3.8) is 0 Å². The summed E-state index contributed by atoms with van der Waals surface area (Å²) in [7, 11) is 0. The Kier molecular flexibility index (Phi) is 5.24. The number of aryl methyl sites for hydroxylation is 1. The SMILES string of the molecule is CCc1ccc(CC(=O)Nc2cccc(SC)c2)cc1. The molecule has 0 atom stereocenters. The van der Waals surface area contributed by atoms with Crippen LogP contribution in [0.5, 0.6) is 0 Å². The van der Waals surface area contributed by atoms with E-state index in [0.717, 1.165) is 22.6 Å². The van der Waals surface area contributed by atoms with Crippen molar-refractivity contribution in [2.75, 3.05) is 11.6 Å². The molecular weight excluding hydrogens is 266 g/mol. The van der Waals surface area contributed by atoms with Crippen LogP contribution in [0.1, 0.15) is 18.1 Å². The smallest absolute Gasteiger partial charge is 0.228 e. The molecule has 0 aliphatic heterocycles. The number of rotatable bonds is 5. The van der Waals surface area contributed by atoms with Crippen molar-refractivity contribution in [1.82, 2.24) is 0 Å². The van der Waals surface area contributed by atoms with Gasteiger partial charge in [-0.25, -0.2) is 0 Å². The first-order valence-corrected chi connectivity index (χ1v) is 7.95. The van der Waals surface area contributed by atoms with Crippen molar-refractivity contribution >= 4 is 23.4 Å². The molecule has 0 aromatic heterocycles. The first-order chi connectivity index (χ1) is 9.71. The van der Waals surface area contributed by atoms with E-state index in [1.165, 1.54) is 5.56 Å². The second kappa shape index (κ2) is 7.15. The first kappa shape index (κ1) is 14.7. The number of anilines is 1. The van der Waals surface area contributed by atoms with Crippen molar-refractivity contribution in [3.8, 4) is 0 Å². The normalized spacial score (nSPS) is 10.3. The molecule has 20 heavy (non-hydrogen) atoms.